The normalized spacial score (nSPS) is 15.6. The van der Waals surface area contributed by atoms with Crippen LogP contribution in [0.5, 0.6) is 5.75 Å². The maximum Gasteiger partial charge on any atom is 0.297 e. The van der Waals surface area contributed by atoms with E-state index < -0.39 is 6.04 Å². The number of hydrogen-bond donors (Lipinski definition) is 0. The van der Waals surface area contributed by atoms with Gasteiger partial charge in [-0.3, -0.25) is 14.5 Å². The molecule has 1 aliphatic heterocycles. The second-order valence-electron chi connectivity index (χ2n) is 7.13. The summed E-state index contributed by atoms with van der Waals surface area (Å²) in [7, 11) is 1.57. The molecule has 1 aliphatic rings. The zero-order chi connectivity index (χ0) is 21.0. The summed E-state index contributed by atoms with van der Waals surface area (Å²) >= 11 is 1.42. The van der Waals surface area contributed by atoms with Crippen molar-refractivity contribution in [3.63, 3.8) is 0 Å². The maximum absolute atomic E-state index is 13.5. The van der Waals surface area contributed by atoms with Crippen molar-refractivity contribution >= 4 is 33.3 Å². The van der Waals surface area contributed by atoms with E-state index in [-0.39, 0.29) is 17.1 Å². The zero-order valence-corrected chi connectivity index (χ0v) is 17.4. The summed E-state index contributed by atoms with van der Waals surface area (Å²) in [6.07, 6.45) is 0. The summed E-state index contributed by atoms with van der Waals surface area (Å²) in [5, 5.41) is 0.970. The third-order valence-corrected chi connectivity index (χ3v) is 6.51. The summed E-state index contributed by atoms with van der Waals surface area (Å²) in [4.78, 5) is 34.2. The molecule has 30 heavy (non-hydrogen) atoms. The quantitative estimate of drug-likeness (QED) is 0.485. The molecule has 2 aromatic carbocycles. The molecule has 150 valence electrons. The van der Waals surface area contributed by atoms with Crippen LogP contribution < -0.4 is 15.1 Å². The molecule has 7 heteroatoms. The number of carbonyl (C=O) groups excluding carboxylic acids is 1. The van der Waals surface area contributed by atoms with Crippen molar-refractivity contribution in [1.29, 1.82) is 0 Å². The Balaban J connectivity index is 1.85. The topological polar surface area (TPSA) is 72.6 Å². The smallest absolute Gasteiger partial charge is 0.297 e. The monoisotopic (exact) mass is 418 g/mol. The van der Waals surface area contributed by atoms with E-state index in [4.69, 9.17) is 9.15 Å². The van der Waals surface area contributed by atoms with Gasteiger partial charge in [-0.05, 0) is 32.0 Å². The summed E-state index contributed by atoms with van der Waals surface area (Å²) < 4.78 is 11.5. The number of amides is 1. The molecular formula is C23H18N2O4S. The van der Waals surface area contributed by atoms with Crippen LogP contribution in [-0.2, 0) is 0 Å². The van der Waals surface area contributed by atoms with E-state index in [0.29, 0.717) is 33.0 Å². The first kappa shape index (κ1) is 18.6. The van der Waals surface area contributed by atoms with Crippen LogP contribution in [0.2, 0.25) is 0 Å². The number of ether oxygens (including phenoxy) is 1. The van der Waals surface area contributed by atoms with Gasteiger partial charge < -0.3 is 9.15 Å². The van der Waals surface area contributed by atoms with Gasteiger partial charge in [0, 0.05) is 10.4 Å². The summed E-state index contributed by atoms with van der Waals surface area (Å²) in [5.74, 6) is 0.267. The van der Waals surface area contributed by atoms with Gasteiger partial charge in [-0.15, -0.1) is 11.3 Å². The molecule has 0 saturated carbocycles. The van der Waals surface area contributed by atoms with E-state index in [0.717, 1.165) is 10.6 Å². The first-order valence-corrected chi connectivity index (χ1v) is 10.3. The minimum absolute atomic E-state index is 0.0557. The second-order valence-corrected chi connectivity index (χ2v) is 8.31. The van der Waals surface area contributed by atoms with Crippen LogP contribution in [0.4, 0.5) is 5.13 Å². The number of thiazole rings is 1. The first-order chi connectivity index (χ1) is 14.5. The van der Waals surface area contributed by atoms with Crippen LogP contribution in [0, 0.1) is 13.8 Å². The fourth-order valence-corrected chi connectivity index (χ4v) is 4.80. The molecule has 0 unspecified atom stereocenters. The highest BCUT2D eigenvalue weighted by Crippen LogP contribution is 2.45. The van der Waals surface area contributed by atoms with Crippen LogP contribution in [0.1, 0.15) is 38.3 Å². The Kier molecular flexibility index (Phi) is 4.22. The average Bonchev–Trinajstić information content (AvgIpc) is 3.24. The maximum atomic E-state index is 13.5. The van der Waals surface area contributed by atoms with Gasteiger partial charge in [0.15, 0.2) is 10.6 Å². The second kappa shape index (κ2) is 6.81. The number of para-hydroxylation sites is 2. The summed E-state index contributed by atoms with van der Waals surface area (Å²) in [6, 6.07) is 13.7. The lowest BCUT2D eigenvalue weighted by Gasteiger charge is -2.24. The minimum atomic E-state index is -0.686. The Morgan fingerprint density at radius 2 is 1.80 bits per heavy atom. The lowest BCUT2D eigenvalue weighted by molar-refractivity contribution is 0.0971. The minimum Gasteiger partial charge on any atom is -0.496 e. The number of carbonyl (C=O) groups is 1. The third kappa shape index (κ3) is 2.59. The van der Waals surface area contributed by atoms with Crippen molar-refractivity contribution in [3.05, 3.63) is 86.2 Å². The molecule has 6 nitrogen and oxygen atoms in total. The van der Waals surface area contributed by atoms with Crippen molar-refractivity contribution in [3.8, 4) is 5.75 Å². The van der Waals surface area contributed by atoms with Gasteiger partial charge in [-0.2, -0.15) is 0 Å². The molecule has 4 aromatic rings. The molecule has 0 bridgehead atoms. The van der Waals surface area contributed by atoms with Crippen molar-refractivity contribution in [1.82, 2.24) is 4.98 Å². The highest BCUT2D eigenvalue weighted by molar-refractivity contribution is 7.15. The van der Waals surface area contributed by atoms with E-state index in [1.54, 1.807) is 36.3 Å². The number of anilines is 1. The predicted molar refractivity (Wildman–Crippen MR) is 116 cm³/mol. The molecule has 5 rings (SSSR count). The van der Waals surface area contributed by atoms with Gasteiger partial charge in [0.05, 0.1) is 23.8 Å². The molecule has 1 amide bonds. The van der Waals surface area contributed by atoms with E-state index in [1.807, 2.05) is 38.1 Å². The van der Waals surface area contributed by atoms with Gasteiger partial charge in [-0.25, -0.2) is 4.98 Å². The fourth-order valence-electron chi connectivity index (χ4n) is 3.86. The number of nitrogens with zero attached hydrogens (tertiary/aromatic N) is 2. The van der Waals surface area contributed by atoms with Gasteiger partial charge in [-0.1, -0.05) is 30.3 Å². The van der Waals surface area contributed by atoms with Gasteiger partial charge in [0.2, 0.25) is 5.76 Å². The average molecular weight is 418 g/mol. The molecule has 0 fully saturated rings. The van der Waals surface area contributed by atoms with E-state index in [2.05, 4.69) is 4.98 Å². The number of fused-ring (bicyclic) bond motifs is 2. The molecular weight excluding hydrogens is 400 g/mol. The Morgan fingerprint density at radius 3 is 2.53 bits per heavy atom. The van der Waals surface area contributed by atoms with Crippen LogP contribution >= 0.6 is 11.3 Å². The van der Waals surface area contributed by atoms with Crippen molar-refractivity contribution in [2.75, 3.05) is 12.0 Å². The van der Waals surface area contributed by atoms with Crippen molar-refractivity contribution in [2.24, 2.45) is 0 Å². The van der Waals surface area contributed by atoms with E-state index >= 15 is 0 Å². The third-order valence-electron chi connectivity index (χ3n) is 5.43. The van der Waals surface area contributed by atoms with E-state index in [9.17, 15) is 9.59 Å². The number of aryl methyl sites for hydroxylation is 2. The SMILES string of the molecule is COc1ccccc1[C@@H]1c2c(oc3ccccc3c2=O)C(=O)N1c1nc(C)c(C)s1. The Bertz CT molecular complexity index is 1350. The van der Waals surface area contributed by atoms with Gasteiger partial charge in [0.1, 0.15) is 17.4 Å². The van der Waals surface area contributed by atoms with Crippen LogP contribution in [0.25, 0.3) is 11.0 Å². The number of rotatable bonds is 3. The Labute approximate surface area is 176 Å². The zero-order valence-electron chi connectivity index (χ0n) is 16.6. The Morgan fingerprint density at radius 1 is 1.07 bits per heavy atom. The molecule has 2 aromatic heterocycles. The van der Waals surface area contributed by atoms with Gasteiger partial charge in [0.25, 0.3) is 5.91 Å². The number of aromatic nitrogens is 1. The largest absolute Gasteiger partial charge is 0.496 e. The van der Waals surface area contributed by atoms with Crippen molar-refractivity contribution < 1.29 is 13.9 Å². The van der Waals surface area contributed by atoms with Gasteiger partial charge >= 0.3 is 0 Å². The number of benzene rings is 2. The predicted octanol–water partition coefficient (Wildman–Crippen LogP) is 4.62. The van der Waals surface area contributed by atoms with Crippen LogP contribution in [0.15, 0.2) is 57.7 Å². The molecule has 0 aliphatic carbocycles. The molecule has 1 atom stereocenters. The highest BCUT2D eigenvalue weighted by Gasteiger charge is 2.46. The molecule has 0 spiro atoms. The van der Waals surface area contributed by atoms with E-state index in [1.165, 1.54) is 11.3 Å². The molecule has 3 heterocycles. The molecule has 0 N–H and O–H groups in total. The fraction of sp³-hybridized carbons (Fsp3) is 0.174. The van der Waals surface area contributed by atoms with Crippen LogP contribution in [0.3, 0.4) is 0 Å². The number of methoxy groups -OCH3 is 1. The van der Waals surface area contributed by atoms with Crippen LogP contribution in [-0.4, -0.2) is 18.0 Å². The lowest BCUT2D eigenvalue weighted by Crippen LogP contribution is -2.29. The highest BCUT2D eigenvalue weighted by atomic mass is 32.1. The molecule has 0 saturated heterocycles. The molecule has 0 radical (unpaired) electrons. The lowest BCUT2D eigenvalue weighted by atomic mass is 9.98. The standard InChI is InChI=1S/C23H18N2O4S/c1-12-13(2)30-23(24-12)25-19(14-8-4-6-10-16(14)28-3)18-20(26)15-9-5-7-11-17(15)29-21(18)22(25)27/h4-11,19H,1-3H3/t19-/m1/s1. The summed E-state index contributed by atoms with van der Waals surface area (Å²) in [6.45, 7) is 3.86. The first-order valence-electron chi connectivity index (χ1n) is 9.47. The van der Waals surface area contributed by atoms with Crippen molar-refractivity contribution in [2.45, 2.75) is 19.9 Å². The summed E-state index contributed by atoms with van der Waals surface area (Å²) in [5.41, 5.74) is 2.04. The Hall–Kier alpha value is -3.45. The number of hydrogen-bond acceptors (Lipinski definition) is 6.